The molecule has 0 aliphatic heterocycles. The number of methoxy groups -OCH3 is 1. The maximum absolute atomic E-state index is 11.3. The fourth-order valence-corrected chi connectivity index (χ4v) is 1.99. The third-order valence-corrected chi connectivity index (χ3v) is 3.19. The normalized spacial score (nSPS) is 13.6. The lowest BCUT2D eigenvalue weighted by Crippen LogP contribution is -2.26. The van der Waals surface area contributed by atoms with Crippen LogP contribution in [0.5, 0.6) is 5.75 Å². The Hall–Kier alpha value is -1.55. The van der Waals surface area contributed by atoms with E-state index in [4.69, 9.17) is 4.74 Å². The van der Waals surface area contributed by atoms with Crippen LogP contribution in [0.25, 0.3) is 0 Å². The van der Waals surface area contributed by atoms with Crippen LogP contribution in [0.2, 0.25) is 0 Å². The molecule has 1 aromatic rings. The van der Waals surface area contributed by atoms with E-state index in [2.05, 4.69) is 23.9 Å². The maximum Gasteiger partial charge on any atom is 0.346 e. The minimum absolute atomic E-state index is 0.367. The predicted molar refractivity (Wildman–Crippen MR) is 80.0 cm³/mol. The molecule has 0 heterocycles. The van der Waals surface area contributed by atoms with Gasteiger partial charge in [0.05, 0.1) is 7.11 Å². The van der Waals surface area contributed by atoms with Gasteiger partial charge in [-0.25, -0.2) is 4.79 Å². The van der Waals surface area contributed by atoms with Gasteiger partial charge < -0.3 is 14.8 Å². The summed E-state index contributed by atoms with van der Waals surface area (Å²) < 4.78 is 10.1. The summed E-state index contributed by atoms with van der Waals surface area (Å²) in [5.41, 5.74) is 1.27. The van der Waals surface area contributed by atoms with E-state index in [1.165, 1.54) is 12.7 Å². The van der Waals surface area contributed by atoms with Crippen LogP contribution in [0.1, 0.15) is 32.8 Å². The molecule has 0 amide bonds. The summed E-state index contributed by atoms with van der Waals surface area (Å²) in [4.78, 5) is 11.3. The number of carbonyl (C=O) groups excluding carboxylic acids is 1. The first kappa shape index (κ1) is 16.5. The van der Waals surface area contributed by atoms with Gasteiger partial charge in [-0.2, -0.15) is 0 Å². The van der Waals surface area contributed by atoms with Gasteiger partial charge in [0.1, 0.15) is 5.75 Å². The summed E-state index contributed by atoms with van der Waals surface area (Å²) in [5, 5.41) is 3.40. The summed E-state index contributed by atoms with van der Waals surface area (Å²) in [7, 11) is 1.36. The van der Waals surface area contributed by atoms with Crippen LogP contribution < -0.4 is 10.1 Å². The molecule has 0 fully saturated rings. The molecule has 1 aromatic carbocycles. The number of benzene rings is 1. The van der Waals surface area contributed by atoms with Gasteiger partial charge in [-0.15, -0.1) is 0 Å². The SMILES string of the molecule is CCNC(C)CCc1ccc(OC(C)C(=O)OC)cc1. The van der Waals surface area contributed by atoms with Crippen LogP contribution >= 0.6 is 0 Å². The number of nitrogens with one attached hydrogen (secondary N) is 1. The number of aryl methyl sites for hydroxylation is 1. The topological polar surface area (TPSA) is 47.6 Å². The van der Waals surface area contributed by atoms with Crippen LogP contribution in [-0.2, 0) is 16.0 Å². The van der Waals surface area contributed by atoms with Crippen molar-refractivity contribution in [2.45, 2.75) is 45.8 Å². The van der Waals surface area contributed by atoms with E-state index in [0.717, 1.165) is 19.4 Å². The van der Waals surface area contributed by atoms with Crippen molar-refractivity contribution in [2.75, 3.05) is 13.7 Å². The molecule has 4 nitrogen and oxygen atoms in total. The Morgan fingerprint density at radius 2 is 1.90 bits per heavy atom. The van der Waals surface area contributed by atoms with Crippen molar-refractivity contribution in [1.82, 2.24) is 5.32 Å². The molecule has 0 radical (unpaired) electrons. The number of rotatable bonds is 8. The van der Waals surface area contributed by atoms with Crippen LogP contribution in [0.3, 0.4) is 0 Å². The Bertz CT molecular complexity index is 403. The molecule has 0 saturated heterocycles. The average molecular weight is 279 g/mol. The van der Waals surface area contributed by atoms with Crippen LogP contribution in [0.15, 0.2) is 24.3 Å². The Balaban J connectivity index is 2.46. The first-order valence-corrected chi connectivity index (χ1v) is 7.13. The third-order valence-electron chi connectivity index (χ3n) is 3.19. The molecule has 4 heteroatoms. The summed E-state index contributed by atoms with van der Waals surface area (Å²) in [6.45, 7) is 6.99. The van der Waals surface area contributed by atoms with Crippen molar-refractivity contribution in [2.24, 2.45) is 0 Å². The van der Waals surface area contributed by atoms with E-state index >= 15 is 0 Å². The van der Waals surface area contributed by atoms with Crippen LogP contribution in [-0.4, -0.2) is 31.8 Å². The molecule has 20 heavy (non-hydrogen) atoms. The number of carbonyl (C=O) groups is 1. The summed E-state index contributed by atoms with van der Waals surface area (Å²) in [5.74, 6) is 0.319. The van der Waals surface area contributed by atoms with E-state index < -0.39 is 6.10 Å². The molecule has 112 valence electrons. The Morgan fingerprint density at radius 3 is 2.45 bits per heavy atom. The standard InChI is InChI=1S/C16H25NO3/c1-5-17-12(2)6-7-14-8-10-15(11-9-14)20-13(3)16(18)19-4/h8-13,17H,5-7H2,1-4H3. The second-order valence-electron chi connectivity index (χ2n) is 4.92. The summed E-state index contributed by atoms with van der Waals surface area (Å²) in [6, 6.07) is 8.39. The van der Waals surface area contributed by atoms with Gasteiger partial charge in [0, 0.05) is 6.04 Å². The van der Waals surface area contributed by atoms with Gasteiger partial charge in [-0.3, -0.25) is 0 Å². The molecule has 1 rings (SSSR count). The second kappa shape index (κ2) is 8.59. The van der Waals surface area contributed by atoms with Crippen molar-refractivity contribution < 1.29 is 14.3 Å². The second-order valence-corrected chi connectivity index (χ2v) is 4.92. The highest BCUT2D eigenvalue weighted by Crippen LogP contribution is 2.15. The fraction of sp³-hybridized carbons (Fsp3) is 0.562. The molecular formula is C16H25NO3. The van der Waals surface area contributed by atoms with Crippen molar-refractivity contribution in [3.8, 4) is 5.75 Å². The molecule has 2 unspecified atom stereocenters. The number of esters is 1. The molecule has 0 bridgehead atoms. The molecule has 0 saturated carbocycles. The van der Waals surface area contributed by atoms with Crippen LogP contribution in [0.4, 0.5) is 0 Å². The van der Waals surface area contributed by atoms with Crippen LogP contribution in [0, 0.1) is 0 Å². The van der Waals surface area contributed by atoms with Gasteiger partial charge in [0.25, 0.3) is 0 Å². The predicted octanol–water partition coefficient (Wildman–Crippen LogP) is 2.56. The summed E-state index contributed by atoms with van der Waals surface area (Å²) in [6.07, 6.45) is 1.55. The Kier molecular flexibility index (Phi) is 7.09. The minimum Gasteiger partial charge on any atom is -0.479 e. The lowest BCUT2D eigenvalue weighted by atomic mass is 10.1. The first-order valence-electron chi connectivity index (χ1n) is 7.13. The van der Waals surface area contributed by atoms with E-state index in [9.17, 15) is 4.79 Å². The Labute approximate surface area is 121 Å². The van der Waals surface area contributed by atoms with Gasteiger partial charge in [0.15, 0.2) is 6.10 Å². The highest BCUT2D eigenvalue weighted by atomic mass is 16.6. The van der Waals surface area contributed by atoms with Crippen molar-refractivity contribution >= 4 is 5.97 Å². The molecule has 0 aliphatic rings. The van der Waals surface area contributed by atoms with Crippen molar-refractivity contribution in [1.29, 1.82) is 0 Å². The highest BCUT2D eigenvalue weighted by molar-refractivity contribution is 5.74. The largest absolute Gasteiger partial charge is 0.479 e. The smallest absolute Gasteiger partial charge is 0.346 e. The van der Waals surface area contributed by atoms with Crippen molar-refractivity contribution in [3.05, 3.63) is 29.8 Å². The first-order chi connectivity index (χ1) is 9.56. The molecule has 0 aliphatic carbocycles. The van der Waals surface area contributed by atoms with E-state index in [0.29, 0.717) is 11.8 Å². The molecule has 0 aromatic heterocycles. The number of ether oxygens (including phenoxy) is 2. The van der Waals surface area contributed by atoms with E-state index in [1.54, 1.807) is 6.92 Å². The Morgan fingerprint density at radius 1 is 1.25 bits per heavy atom. The van der Waals surface area contributed by atoms with Gasteiger partial charge in [-0.05, 0) is 50.9 Å². The third kappa shape index (κ3) is 5.61. The summed E-state index contributed by atoms with van der Waals surface area (Å²) >= 11 is 0. The highest BCUT2D eigenvalue weighted by Gasteiger charge is 2.14. The van der Waals surface area contributed by atoms with Gasteiger partial charge in [-0.1, -0.05) is 19.1 Å². The zero-order chi connectivity index (χ0) is 15.0. The van der Waals surface area contributed by atoms with E-state index in [1.807, 2.05) is 24.3 Å². The minimum atomic E-state index is -0.584. The molecule has 1 N–H and O–H groups in total. The lowest BCUT2D eigenvalue weighted by Gasteiger charge is -2.14. The fourth-order valence-electron chi connectivity index (χ4n) is 1.99. The van der Waals surface area contributed by atoms with Gasteiger partial charge >= 0.3 is 5.97 Å². The maximum atomic E-state index is 11.3. The number of hydrogen-bond acceptors (Lipinski definition) is 4. The number of hydrogen-bond donors (Lipinski definition) is 1. The zero-order valence-electron chi connectivity index (χ0n) is 12.8. The molecule has 2 atom stereocenters. The monoisotopic (exact) mass is 279 g/mol. The lowest BCUT2D eigenvalue weighted by molar-refractivity contribution is -0.147. The van der Waals surface area contributed by atoms with Crippen molar-refractivity contribution in [3.63, 3.8) is 0 Å². The van der Waals surface area contributed by atoms with E-state index in [-0.39, 0.29) is 5.97 Å². The van der Waals surface area contributed by atoms with Gasteiger partial charge in [0.2, 0.25) is 0 Å². The molecule has 0 spiro atoms. The average Bonchev–Trinajstić information content (AvgIpc) is 2.46. The molecular weight excluding hydrogens is 254 g/mol. The zero-order valence-corrected chi connectivity index (χ0v) is 12.8. The quantitative estimate of drug-likeness (QED) is 0.743.